The first-order valence-corrected chi connectivity index (χ1v) is 9.71. The molecule has 1 fully saturated rings. The van der Waals surface area contributed by atoms with Crippen LogP contribution in [0.5, 0.6) is 0 Å². The molecule has 0 spiro atoms. The lowest BCUT2D eigenvalue weighted by molar-refractivity contribution is 0.262. The Morgan fingerprint density at radius 1 is 0.893 bits per heavy atom. The highest BCUT2D eigenvalue weighted by atomic mass is 35.5. The van der Waals surface area contributed by atoms with Gasteiger partial charge in [0, 0.05) is 35.1 Å². The number of hydrogen-bond acceptors (Lipinski definition) is 3. The molecular weight excluding hydrogens is 372 g/mol. The summed E-state index contributed by atoms with van der Waals surface area (Å²) in [4.78, 5) is 19.4. The van der Waals surface area contributed by atoms with Gasteiger partial charge in [0.15, 0.2) is 0 Å². The molecule has 1 aliphatic rings. The number of amides is 2. The molecule has 28 heavy (non-hydrogen) atoms. The summed E-state index contributed by atoms with van der Waals surface area (Å²) in [6.45, 7) is 2.11. The van der Waals surface area contributed by atoms with Gasteiger partial charge >= 0.3 is 6.03 Å². The van der Waals surface area contributed by atoms with Crippen molar-refractivity contribution in [3.05, 3.63) is 71.8 Å². The monoisotopic (exact) mass is 392 g/mol. The lowest BCUT2D eigenvalue weighted by atomic mass is 10.1. The molecule has 5 nitrogen and oxygen atoms in total. The summed E-state index contributed by atoms with van der Waals surface area (Å²) in [5, 5.41) is 6.21. The number of pyridine rings is 1. The Kier molecular flexibility index (Phi) is 5.44. The minimum Gasteiger partial charge on any atom is -0.357 e. The van der Waals surface area contributed by atoms with E-state index in [9.17, 15) is 4.79 Å². The van der Waals surface area contributed by atoms with Crippen molar-refractivity contribution in [2.45, 2.75) is 12.8 Å². The normalized spacial score (nSPS) is 13.4. The Morgan fingerprint density at radius 2 is 1.57 bits per heavy atom. The number of nitrogens with zero attached hydrogens (tertiary/aromatic N) is 2. The molecule has 1 saturated heterocycles. The first-order valence-electron chi connectivity index (χ1n) is 9.33. The lowest BCUT2D eigenvalue weighted by Gasteiger charge is -2.17. The number of aromatic nitrogens is 1. The quantitative estimate of drug-likeness (QED) is 0.603. The van der Waals surface area contributed by atoms with Crippen molar-refractivity contribution in [2.24, 2.45) is 0 Å². The van der Waals surface area contributed by atoms with E-state index in [2.05, 4.69) is 21.6 Å². The highest BCUT2D eigenvalue weighted by molar-refractivity contribution is 6.30. The Balaban J connectivity index is 1.48. The van der Waals surface area contributed by atoms with Crippen molar-refractivity contribution in [1.82, 2.24) is 4.98 Å². The molecule has 2 amide bonds. The predicted octanol–water partition coefficient (Wildman–Crippen LogP) is 5.65. The molecule has 0 atom stereocenters. The van der Waals surface area contributed by atoms with Crippen LogP contribution >= 0.6 is 11.6 Å². The maximum Gasteiger partial charge on any atom is 0.323 e. The largest absolute Gasteiger partial charge is 0.357 e. The average Bonchev–Trinajstić information content (AvgIpc) is 3.23. The van der Waals surface area contributed by atoms with Crippen LogP contribution < -0.4 is 15.5 Å². The summed E-state index contributed by atoms with van der Waals surface area (Å²) in [6, 6.07) is 20.5. The fourth-order valence-corrected chi connectivity index (χ4v) is 3.51. The Morgan fingerprint density at radius 3 is 2.32 bits per heavy atom. The molecule has 0 aliphatic carbocycles. The van der Waals surface area contributed by atoms with E-state index in [0.29, 0.717) is 16.4 Å². The van der Waals surface area contributed by atoms with Crippen LogP contribution in [0, 0.1) is 0 Å². The number of benzene rings is 2. The molecule has 6 heteroatoms. The van der Waals surface area contributed by atoms with Crippen LogP contribution in [-0.2, 0) is 0 Å². The van der Waals surface area contributed by atoms with Crippen molar-refractivity contribution in [2.75, 3.05) is 28.6 Å². The summed E-state index contributed by atoms with van der Waals surface area (Å²) < 4.78 is 0. The third kappa shape index (κ3) is 4.43. The Bertz CT molecular complexity index is 986. The van der Waals surface area contributed by atoms with Crippen LogP contribution in [-0.4, -0.2) is 24.1 Å². The van der Waals surface area contributed by atoms with Gasteiger partial charge in [0.25, 0.3) is 0 Å². The molecule has 0 bridgehead atoms. The van der Waals surface area contributed by atoms with E-state index in [1.54, 1.807) is 24.3 Å². The maximum absolute atomic E-state index is 12.3. The van der Waals surface area contributed by atoms with Crippen LogP contribution in [0.3, 0.4) is 0 Å². The van der Waals surface area contributed by atoms with E-state index < -0.39 is 0 Å². The molecule has 1 aromatic heterocycles. The molecule has 2 N–H and O–H groups in total. The zero-order chi connectivity index (χ0) is 19.3. The minimum atomic E-state index is -0.321. The first-order chi connectivity index (χ1) is 13.7. The Hall–Kier alpha value is -3.05. The number of halogens is 1. The molecular formula is C22H21ClN4O. The summed E-state index contributed by atoms with van der Waals surface area (Å²) in [5.74, 6) is 1.01. The second kappa shape index (κ2) is 8.31. The van der Waals surface area contributed by atoms with Crippen LogP contribution in [0.15, 0.2) is 66.7 Å². The number of carbonyl (C=O) groups is 1. The molecule has 1 aliphatic heterocycles. The fraction of sp³-hybridized carbons (Fsp3) is 0.182. The standard InChI is InChI=1S/C22H21ClN4O/c23-17-7-4-9-19(15-17)25-22(28)24-18-8-3-6-16(14-18)20-10-5-11-21(26-20)27-12-1-2-13-27/h3-11,14-15H,1-2,12-13H2,(H2,24,25,28). The lowest BCUT2D eigenvalue weighted by Crippen LogP contribution is -2.19. The van der Waals surface area contributed by atoms with Gasteiger partial charge in [-0.3, -0.25) is 0 Å². The zero-order valence-corrected chi connectivity index (χ0v) is 16.1. The minimum absolute atomic E-state index is 0.321. The number of hydrogen-bond donors (Lipinski definition) is 2. The topological polar surface area (TPSA) is 57.3 Å². The second-order valence-corrected chi connectivity index (χ2v) is 7.18. The molecule has 2 aromatic carbocycles. The average molecular weight is 393 g/mol. The zero-order valence-electron chi connectivity index (χ0n) is 15.4. The van der Waals surface area contributed by atoms with E-state index in [0.717, 1.165) is 30.2 Å². The van der Waals surface area contributed by atoms with Gasteiger partial charge in [0.1, 0.15) is 5.82 Å². The van der Waals surface area contributed by atoms with Gasteiger partial charge in [0.05, 0.1) is 5.69 Å². The first kappa shape index (κ1) is 18.3. The molecule has 0 saturated carbocycles. The number of anilines is 3. The summed E-state index contributed by atoms with van der Waals surface area (Å²) in [6.07, 6.45) is 2.43. The van der Waals surface area contributed by atoms with Gasteiger partial charge in [-0.1, -0.05) is 35.9 Å². The summed E-state index contributed by atoms with van der Waals surface area (Å²) >= 11 is 5.95. The van der Waals surface area contributed by atoms with E-state index in [1.807, 2.05) is 36.4 Å². The van der Waals surface area contributed by atoms with Crippen molar-refractivity contribution < 1.29 is 4.79 Å². The van der Waals surface area contributed by atoms with Crippen molar-refractivity contribution in [1.29, 1.82) is 0 Å². The molecule has 0 radical (unpaired) electrons. The van der Waals surface area contributed by atoms with Crippen molar-refractivity contribution in [3.8, 4) is 11.3 Å². The SMILES string of the molecule is O=C(Nc1cccc(Cl)c1)Nc1cccc(-c2cccc(N3CCCC3)n2)c1. The van der Waals surface area contributed by atoms with Crippen LogP contribution in [0.1, 0.15) is 12.8 Å². The van der Waals surface area contributed by atoms with Gasteiger partial charge in [-0.2, -0.15) is 0 Å². The van der Waals surface area contributed by atoms with E-state index >= 15 is 0 Å². The van der Waals surface area contributed by atoms with Crippen LogP contribution in [0.25, 0.3) is 11.3 Å². The summed E-state index contributed by atoms with van der Waals surface area (Å²) in [7, 11) is 0. The number of nitrogens with one attached hydrogen (secondary N) is 2. The highest BCUT2D eigenvalue weighted by Crippen LogP contribution is 2.25. The smallest absolute Gasteiger partial charge is 0.323 e. The fourth-order valence-electron chi connectivity index (χ4n) is 3.32. The van der Waals surface area contributed by atoms with Crippen LogP contribution in [0.2, 0.25) is 5.02 Å². The van der Waals surface area contributed by atoms with Gasteiger partial charge in [0.2, 0.25) is 0 Å². The predicted molar refractivity (Wildman–Crippen MR) is 115 cm³/mol. The number of carbonyl (C=O) groups excluding carboxylic acids is 1. The van der Waals surface area contributed by atoms with Gasteiger partial charge in [-0.05, 0) is 55.3 Å². The third-order valence-corrected chi connectivity index (χ3v) is 4.90. The second-order valence-electron chi connectivity index (χ2n) is 6.75. The van der Waals surface area contributed by atoms with Gasteiger partial charge in [-0.15, -0.1) is 0 Å². The van der Waals surface area contributed by atoms with Crippen molar-refractivity contribution in [3.63, 3.8) is 0 Å². The summed E-state index contributed by atoms with van der Waals surface area (Å²) in [5.41, 5.74) is 3.19. The molecule has 4 rings (SSSR count). The molecule has 3 aromatic rings. The molecule has 2 heterocycles. The molecule has 0 unspecified atom stereocenters. The van der Waals surface area contributed by atoms with E-state index in [1.165, 1.54) is 12.8 Å². The Labute approximate surface area is 169 Å². The van der Waals surface area contributed by atoms with Gasteiger partial charge < -0.3 is 15.5 Å². The third-order valence-electron chi connectivity index (χ3n) is 4.66. The van der Waals surface area contributed by atoms with E-state index in [4.69, 9.17) is 16.6 Å². The van der Waals surface area contributed by atoms with Gasteiger partial charge in [-0.25, -0.2) is 9.78 Å². The number of urea groups is 1. The number of rotatable bonds is 4. The highest BCUT2D eigenvalue weighted by Gasteiger charge is 2.14. The van der Waals surface area contributed by atoms with E-state index in [-0.39, 0.29) is 6.03 Å². The van der Waals surface area contributed by atoms with Crippen LogP contribution in [0.4, 0.5) is 22.0 Å². The maximum atomic E-state index is 12.3. The van der Waals surface area contributed by atoms with Crippen molar-refractivity contribution >= 4 is 34.8 Å². The molecule has 142 valence electrons.